The van der Waals surface area contributed by atoms with Gasteiger partial charge in [-0.15, -0.1) is 0 Å². The first-order valence-corrected chi connectivity index (χ1v) is 12.2. The summed E-state index contributed by atoms with van der Waals surface area (Å²) in [6, 6.07) is 9.20. The van der Waals surface area contributed by atoms with Crippen LogP contribution in [0.3, 0.4) is 0 Å². The van der Waals surface area contributed by atoms with Gasteiger partial charge in [0.25, 0.3) is 11.8 Å². The maximum absolute atomic E-state index is 12.7. The number of benzene rings is 1. The molecule has 0 radical (unpaired) electrons. The molecule has 0 aliphatic carbocycles. The number of carbonyl (C=O) groups is 2. The summed E-state index contributed by atoms with van der Waals surface area (Å²) in [6.45, 7) is 6.78. The van der Waals surface area contributed by atoms with Gasteiger partial charge in [0, 0.05) is 37.9 Å². The van der Waals surface area contributed by atoms with Gasteiger partial charge in [-0.3, -0.25) is 20.4 Å². The normalized spacial score (nSPS) is 14.2. The Labute approximate surface area is 188 Å². The number of sulfonamides is 1. The summed E-state index contributed by atoms with van der Waals surface area (Å²) < 4.78 is 26.8. The fourth-order valence-corrected chi connectivity index (χ4v) is 5.11. The minimum Gasteiger partial charge on any atom is -0.357 e. The van der Waals surface area contributed by atoms with Crippen LogP contribution in [0.15, 0.2) is 47.5 Å². The van der Waals surface area contributed by atoms with Crippen LogP contribution >= 0.6 is 0 Å². The van der Waals surface area contributed by atoms with Crippen LogP contribution in [0.4, 0.5) is 5.82 Å². The van der Waals surface area contributed by atoms with Gasteiger partial charge in [0.05, 0.1) is 10.5 Å². The van der Waals surface area contributed by atoms with Crippen molar-refractivity contribution in [2.45, 2.75) is 38.0 Å². The highest BCUT2D eigenvalue weighted by molar-refractivity contribution is 7.89. The molecule has 1 saturated heterocycles. The quantitative estimate of drug-likeness (QED) is 0.585. The molecule has 1 fully saturated rings. The van der Waals surface area contributed by atoms with Gasteiger partial charge in [-0.05, 0) is 56.5 Å². The second-order valence-corrected chi connectivity index (χ2v) is 9.47. The molecule has 0 unspecified atom stereocenters. The van der Waals surface area contributed by atoms with Crippen molar-refractivity contribution in [1.82, 2.24) is 20.1 Å². The molecule has 1 aliphatic heterocycles. The monoisotopic (exact) mass is 459 g/mol. The number of amides is 2. The van der Waals surface area contributed by atoms with E-state index in [1.807, 2.05) is 6.92 Å². The van der Waals surface area contributed by atoms with Crippen LogP contribution in [-0.4, -0.2) is 55.7 Å². The molecule has 10 heteroatoms. The summed E-state index contributed by atoms with van der Waals surface area (Å²) >= 11 is 0. The van der Waals surface area contributed by atoms with Gasteiger partial charge in [-0.1, -0.05) is 13.0 Å². The lowest BCUT2D eigenvalue weighted by Crippen LogP contribution is -2.41. The fourth-order valence-electron chi connectivity index (χ4n) is 3.55. The van der Waals surface area contributed by atoms with E-state index in [0.717, 1.165) is 38.2 Å². The van der Waals surface area contributed by atoms with E-state index in [1.165, 1.54) is 34.8 Å². The number of carbonyl (C=O) groups excluding carboxylic acids is 2. The lowest BCUT2D eigenvalue weighted by atomic mass is 10.2. The number of nitrogens with one attached hydrogen (secondary N) is 2. The lowest BCUT2D eigenvalue weighted by molar-refractivity contribution is 0.0846. The van der Waals surface area contributed by atoms with E-state index in [4.69, 9.17) is 0 Å². The highest BCUT2D eigenvalue weighted by atomic mass is 32.2. The molecule has 3 rings (SSSR count). The van der Waals surface area contributed by atoms with Crippen LogP contribution in [0.2, 0.25) is 0 Å². The summed E-state index contributed by atoms with van der Waals surface area (Å²) in [4.78, 5) is 31.4. The molecule has 32 heavy (non-hydrogen) atoms. The zero-order chi connectivity index (χ0) is 23.1. The number of nitrogens with zero attached hydrogens (tertiary/aromatic N) is 3. The smallest absolute Gasteiger partial charge is 0.271 e. The zero-order valence-electron chi connectivity index (χ0n) is 18.4. The van der Waals surface area contributed by atoms with Gasteiger partial charge in [-0.25, -0.2) is 13.4 Å². The average molecular weight is 460 g/mol. The van der Waals surface area contributed by atoms with Crippen LogP contribution in [0.1, 0.15) is 53.8 Å². The summed E-state index contributed by atoms with van der Waals surface area (Å²) in [7, 11) is -3.63. The largest absolute Gasteiger partial charge is 0.357 e. The van der Waals surface area contributed by atoms with Crippen LogP contribution in [0.25, 0.3) is 0 Å². The molecule has 2 aromatic rings. The number of hydrogen-bond acceptors (Lipinski definition) is 6. The number of anilines is 1. The molecule has 0 spiro atoms. The molecular formula is C22H29N5O4S. The van der Waals surface area contributed by atoms with Crippen LogP contribution in [0, 0.1) is 0 Å². The standard InChI is InChI=1S/C22H29N5O4S/c1-3-12-26(4-2)20-11-10-18(16-23-20)22(29)25-24-21(28)17-8-7-9-19(15-17)32(30,31)27-13-5-6-14-27/h7-11,15-16H,3-6,12-14H2,1-2H3,(H,24,28)(H,25,29). The van der Waals surface area contributed by atoms with Crippen LogP contribution in [-0.2, 0) is 10.0 Å². The van der Waals surface area contributed by atoms with Crippen molar-refractivity contribution < 1.29 is 18.0 Å². The Hall–Kier alpha value is -2.98. The first kappa shape index (κ1) is 23.7. The topological polar surface area (TPSA) is 112 Å². The Morgan fingerprint density at radius 3 is 2.31 bits per heavy atom. The lowest BCUT2D eigenvalue weighted by Gasteiger charge is -2.21. The van der Waals surface area contributed by atoms with Crippen molar-refractivity contribution in [3.63, 3.8) is 0 Å². The van der Waals surface area contributed by atoms with Gasteiger partial charge in [0.15, 0.2) is 0 Å². The molecule has 1 aliphatic rings. The third-order valence-electron chi connectivity index (χ3n) is 5.30. The predicted octanol–water partition coefficient (Wildman–Crippen LogP) is 2.18. The van der Waals surface area contributed by atoms with E-state index >= 15 is 0 Å². The minimum absolute atomic E-state index is 0.0609. The fraction of sp³-hybridized carbons (Fsp3) is 0.409. The number of hydrogen-bond donors (Lipinski definition) is 2. The Balaban J connectivity index is 1.62. The van der Waals surface area contributed by atoms with Crippen molar-refractivity contribution >= 4 is 27.7 Å². The van der Waals surface area contributed by atoms with Crippen molar-refractivity contribution in [2.24, 2.45) is 0 Å². The van der Waals surface area contributed by atoms with Crippen molar-refractivity contribution in [3.8, 4) is 0 Å². The third-order valence-corrected chi connectivity index (χ3v) is 7.19. The van der Waals surface area contributed by atoms with E-state index in [9.17, 15) is 18.0 Å². The van der Waals surface area contributed by atoms with E-state index in [-0.39, 0.29) is 10.5 Å². The van der Waals surface area contributed by atoms with E-state index < -0.39 is 21.8 Å². The molecule has 2 amide bonds. The van der Waals surface area contributed by atoms with Crippen molar-refractivity contribution in [1.29, 1.82) is 0 Å². The molecule has 1 aromatic carbocycles. The van der Waals surface area contributed by atoms with Gasteiger partial charge < -0.3 is 4.90 Å². The highest BCUT2D eigenvalue weighted by Gasteiger charge is 2.27. The SMILES string of the molecule is CCCN(CC)c1ccc(C(=O)NNC(=O)c2cccc(S(=O)(=O)N3CCCC3)c2)cn1. The number of rotatable bonds is 8. The predicted molar refractivity (Wildman–Crippen MR) is 122 cm³/mol. The average Bonchev–Trinajstić information content (AvgIpc) is 3.37. The molecule has 0 bridgehead atoms. The molecular weight excluding hydrogens is 430 g/mol. The van der Waals surface area contributed by atoms with Crippen LogP contribution in [0.5, 0.6) is 0 Å². The first-order chi connectivity index (χ1) is 15.4. The Morgan fingerprint density at radius 2 is 1.72 bits per heavy atom. The Kier molecular flexibility index (Phi) is 7.81. The van der Waals surface area contributed by atoms with Gasteiger partial charge in [0.2, 0.25) is 10.0 Å². The van der Waals surface area contributed by atoms with Gasteiger partial charge >= 0.3 is 0 Å². The minimum atomic E-state index is -3.63. The summed E-state index contributed by atoms with van der Waals surface area (Å²) in [5.74, 6) is -0.343. The Bertz CT molecular complexity index is 1050. The maximum atomic E-state index is 12.7. The van der Waals surface area contributed by atoms with Crippen LogP contribution < -0.4 is 15.8 Å². The zero-order valence-corrected chi connectivity index (χ0v) is 19.2. The number of hydrazine groups is 1. The molecule has 0 saturated carbocycles. The summed E-state index contributed by atoms with van der Waals surface area (Å²) in [6.07, 6.45) is 4.11. The maximum Gasteiger partial charge on any atom is 0.271 e. The second-order valence-electron chi connectivity index (χ2n) is 7.53. The van der Waals surface area contributed by atoms with Gasteiger partial charge in [0.1, 0.15) is 5.82 Å². The third kappa shape index (κ3) is 5.43. The highest BCUT2D eigenvalue weighted by Crippen LogP contribution is 2.21. The summed E-state index contributed by atoms with van der Waals surface area (Å²) in [5, 5.41) is 0. The molecule has 0 atom stereocenters. The molecule has 2 heterocycles. The molecule has 9 nitrogen and oxygen atoms in total. The number of pyridine rings is 1. The number of aromatic nitrogens is 1. The van der Waals surface area contributed by atoms with Crippen molar-refractivity contribution in [2.75, 3.05) is 31.1 Å². The summed E-state index contributed by atoms with van der Waals surface area (Å²) in [5.41, 5.74) is 5.11. The van der Waals surface area contributed by atoms with Gasteiger partial charge in [-0.2, -0.15) is 4.31 Å². The van der Waals surface area contributed by atoms with Crippen molar-refractivity contribution in [3.05, 3.63) is 53.7 Å². The first-order valence-electron chi connectivity index (χ1n) is 10.8. The second kappa shape index (κ2) is 10.6. The van der Waals surface area contributed by atoms with E-state index in [2.05, 4.69) is 27.7 Å². The van der Waals surface area contributed by atoms with E-state index in [1.54, 1.807) is 12.1 Å². The molecule has 1 aromatic heterocycles. The molecule has 172 valence electrons. The molecule has 2 N–H and O–H groups in total. The Morgan fingerprint density at radius 1 is 1.03 bits per heavy atom. The van der Waals surface area contributed by atoms with E-state index in [0.29, 0.717) is 18.7 Å².